The summed E-state index contributed by atoms with van der Waals surface area (Å²) in [5, 5.41) is 7.24. The lowest BCUT2D eigenvalue weighted by Gasteiger charge is -2.21. The maximum Gasteiger partial charge on any atom is 0.161 e. The third-order valence-electron chi connectivity index (χ3n) is 13.9. The van der Waals surface area contributed by atoms with Crippen LogP contribution in [-0.2, 0) is 0 Å². The molecule has 14 rings (SSSR count). The second kappa shape index (κ2) is 15.7. The van der Waals surface area contributed by atoms with Crippen LogP contribution in [0.1, 0.15) is 0 Å². The number of rotatable bonds is 7. The quantitative estimate of drug-likeness (QED) is 0.160. The van der Waals surface area contributed by atoms with Gasteiger partial charge in [-0.1, -0.05) is 188 Å². The van der Waals surface area contributed by atoms with Crippen molar-refractivity contribution in [3.63, 3.8) is 0 Å². The van der Waals surface area contributed by atoms with E-state index < -0.39 is 0 Å². The van der Waals surface area contributed by atoms with E-state index in [0.717, 1.165) is 78.3 Å². The Labute approximate surface area is 398 Å². The van der Waals surface area contributed by atoms with E-state index >= 15 is 0 Å². The Hall–Kier alpha value is -9.32. The zero-order valence-corrected chi connectivity index (χ0v) is 37.4. The van der Waals surface area contributed by atoms with Crippen LogP contribution in [0.2, 0.25) is 0 Å². The molecule has 0 amide bonds. The number of para-hydroxylation sites is 6. The van der Waals surface area contributed by atoms with E-state index in [-0.39, 0.29) is 0 Å². The SMILES string of the molecule is c1ccc(-c2cc(-c3ccccc3)nc(-c3cccc(-n4c5ccccc5c5c4ccc4c6ccccc6n(-c6ccccc6)c45)c3-c3ccccc3-n3c4ccccc4c4ccccc43)n2)cc1. The predicted octanol–water partition coefficient (Wildman–Crippen LogP) is 16.4. The van der Waals surface area contributed by atoms with Crippen molar-refractivity contribution in [1.29, 1.82) is 0 Å². The zero-order chi connectivity index (χ0) is 45.4. The number of nitrogens with zero attached hydrogens (tertiary/aromatic N) is 5. The van der Waals surface area contributed by atoms with Crippen molar-refractivity contribution in [2.75, 3.05) is 0 Å². The van der Waals surface area contributed by atoms with Crippen molar-refractivity contribution in [1.82, 2.24) is 23.7 Å². The van der Waals surface area contributed by atoms with Gasteiger partial charge in [-0.15, -0.1) is 0 Å². The van der Waals surface area contributed by atoms with E-state index in [4.69, 9.17) is 9.97 Å². The molecule has 0 aliphatic carbocycles. The minimum Gasteiger partial charge on any atom is -0.309 e. The molecule has 0 saturated heterocycles. The summed E-state index contributed by atoms with van der Waals surface area (Å²) in [6.45, 7) is 0. The first-order valence-electron chi connectivity index (χ1n) is 23.5. The second-order valence-electron chi connectivity index (χ2n) is 17.7. The van der Waals surface area contributed by atoms with Gasteiger partial charge < -0.3 is 13.7 Å². The highest BCUT2D eigenvalue weighted by atomic mass is 15.0. The smallest absolute Gasteiger partial charge is 0.161 e. The number of hydrogen-bond acceptors (Lipinski definition) is 2. The van der Waals surface area contributed by atoms with Gasteiger partial charge in [0.15, 0.2) is 5.82 Å². The van der Waals surface area contributed by atoms with Crippen LogP contribution in [0.25, 0.3) is 128 Å². The van der Waals surface area contributed by atoms with Gasteiger partial charge >= 0.3 is 0 Å². The third-order valence-corrected chi connectivity index (χ3v) is 13.9. The Morgan fingerprint density at radius 2 is 0.739 bits per heavy atom. The molecule has 0 spiro atoms. The van der Waals surface area contributed by atoms with E-state index in [1.807, 2.05) is 0 Å². The van der Waals surface area contributed by atoms with Gasteiger partial charge in [-0.3, -0.25) is 0 Å². The van der Waals surface area contributed by atoms with Crippen molar-refractivity contribution in [3.8, 4) is 62.1 Å². The van der Waals surface area contributed by atoms with Gasteiger partial charge in [-0.2, -0.15) is 0 Å². The molecule has 0 atom stereocenters. The Morgan fingerprint density at radius 1 is 0.290 bits per heavy atom. The number of benzene rings is 10. The lowest BCUT2D eigenvalue weighted by Crippen LogP contribution is -2.04. The largest absolute Gasteiger partial charge is 0.309 e. The highest BCUT2D eigenvalue weighted by Crippen LogP contribution is 2.47. The Balaban J connectivity index is 1.14. The summed E-state index contributed by atoms with van der Waals surface area (Å²) < 4.78 is 7.37. The van der Waals surface area contributed by atoms with Crippen LogP contribution < -0.4 is 0 Å². The van der Waals surface area contributed by atoms with Crippen LogP contribution in [-0.4, -0.2) is 23.7 Å². The van der Waals surface area contributed by atoms with E-state index in [1.54, 1.807) is 0 Å². The number of aromatic nitrogens is 5. The van der Waals surface area contributed by atoms with Crippen molar-refractivity contribution < 1.29 is 0 Å². The van der Waals surface area contributed by atoms with Crippen LogP contribution >= 0.6 is 0 Å². The van der Waals surface area contributed by atoms with E-state index in [9.17, 15) is 0 Å². The third kappa shape index (κ3) is 6.04. The molecule has 5 nitrogen and oxygen atoms in total. The summed E-state index contributed by atoms with van der Waals surface area (Å²) in [5.74, 6) is 0.649. The monoisotopic (exact) mass is 879 g/mol. The van der Waals surface area contributed by atoms with Crippen molar-refractivity contribution >= 4 is 65.4 Å². The summed E-state index contributed by atoms with van der Waals surface area (Å²) in [6.07, 6.45) is 0. The fraction of sp³-hybridized carbons (Fsp3) is 0. The maximum absolute atomic E-state index is 5.50. The highest BCUT2D eigenvalue weighted by Gasteiger charge is 2.26. The summed E-state index contributed by atoms with van der Waals surface area (Å²) in [4.78, 5) is 11.0. The first-order chi connectivity index (χ1) is 34.3. The van der Waals surface area contributed by atoms with Gasteiger partial charge in [0.05, 0.1) is 55.9 Å². The summed E-state index contributed by atoms with van der Waals surface area (Å²) in [5.41, 5.74) is 16.9. The summed E-state index contributed by atoms with van der Waals surface area (Å²) >= 11 is 0. The standard InChI is InChI=1S/C64H41N5/c1-4-21-42(22-5-1)52-41-53(43-23-6-2-7-24-43)66-64(65-52)51-32-20-38-59(61(51)49-30-13-18-36-57(49)68-55-34-16-10-27-45(55)46-28-11-17-35-56(46)68)69-58-37-19-14-31-50(58)62-60(69)40-39-48-47-29-12-15-33-54(47)67(63(48)62)44-25-8-3-9-26-44/h1-41H. The number of hydrogen-bond donors (Lipinski definition) is 0. The minimum atomic E-state index is 0.649. The van der Waals surface area contributed by atoms with Gasteiger partial charge in [0.25, 0.3) is 0 Å². The van der Waals surface area contributed by atoms with Crippen LogP contribution in [0.4, 0.5) is 0 Å². The molecule has 0 radical (unpaired) electrons. The zero-order valence-electron chi connectivity index (χ0n) is 37.4. The molecule has 0 saturated carbocycles. The topological polar surface area (TPSA) is 40.6 Å². The van der Waals surface area contributed by atoms with Gasteiger partial charge in [0.2, 0.25) is 0 Å². The molecule has 0 N–H and O–H groups in total. The molecule has 0 aliphatic heterocycles. The number of fused-ring (bicyclic) bond motifs is 10. The van der Waals surface area contributed by atoms with Gasteiger partial charge in [0.1, 0.15) is 0 Å². The lowest BCUT2D eigenvalue weighted by molar-refractivity contribution is 1.15. The predicted molar refractivity (Wildman–Crippen MR) is 287 cm³/mol. The summed E-state index contributed by atoms with van der Waals surface area (Å²) in [6, 6.07) is 89.2. The molecular formula is C64H41N5. The van der Waals surface area contributed by atoms with Gasteiger partial charge in [-0.05, 0) is 60.7 Å². The Morgan fingerprint density at radius 3 is 1.36 bits per heavy atom. The molecule has 0 fully saturated rings. The summed E-state index contributed by atoms with van der Waals surface area (Å²) in [7, 11) is 0. The first kappa shape index (κ1) is 38.9. The van der Waals surface area contributed by atoms with Gasteiger partial charge in [-0.25, -0.2) is 9.97 Å². The van der Waals surface area contributed by atoms with E-state index in [2.05, 4.69) is 262 Å². The van der Waals surface area contributed by atoms with Crippen LogP contribution in [0.15, 0.2) is 249 Å². The van der Waals surface area contributed by atoms with Crippen molar-refractivity contribution in [3.05, 3.63) is 249 Å². The molecule has 4 heterocycles. The molecule has 4 aromatic heterocycles. The molecule has 0 bridgehead atoms. The molecule has 0 aliphatic rings. The Bertz CT molecular complexity index is 4180. The van der Waals surface area contributed by atoms with Crippen molar-refractivity contribution in [2.24, 2.45) is 0 Å². The van der Waals surface area contributed by atoms with Crippen LogP contribution in [0, 0.1) is 0 Å². The molecule has 69 heavy (non-hydrogen) atoms. The molecule has 14 aromatic rings. The molecule has 322 valence electrons. The molecule has 0 unspecified atom stereocenters. The van der Waals surface area contributed by atoms with E-state index in [1.165, 1.54) is 43.4 Å². The van der Waals surface area contributed by atoms with Crippen LogP contribution in [0.5, 0.6) is 0 Å². The fourth-order valence-electron chi connectivity index (χ4n) is 11.0. The average Bonchev–Trinajstić information content (AvgIpc) is 4.07. The molecular weight excluding hydrogens is 839 g/mol. The maximum atomic E-state index is 5.50. The lowest BCUT2D eigenvalue weighted by atomic mass is 9.94. The molecule has 5 heteroatoms. The minimum absolute atomic E-state index is 0.649. The van der Waals surface area contributed by atoms with E-state index in [0.29, 0.717) is 5.82 Å². The molecule has 10 aromatic carbocycles. The fourth-order valence-corrected chi connectivity index (χ4v) is 11.0. The average molecular weight is 880 g/mol. The van der Waals surface area contributed by atoms with Crippen LogP contribution in [0.3, 0.4) is 0 Å². The van der Waals surface area contributed by atoms with Gasteiger partial charge in [0, 0.05) is 65.8 Å². The first-order valence-corrected chi connectivity index (χ1v) is 23.5. The normalized spacial score (nSPS) is 11.8. The second-order valence-corrected chi connectivity index (χ2v) is 17.7. The Kier molecular flexibility index (Phi) is 8.83. The van der Waals surface area contributed by atoms with Crippen molar-refractivity contribution in [2.45, 2.75) is 0 Å². The highest BCUT2D eigenvalue weighted by molar-refractivity contribution is 6.26.